The van der Waals surface area contributed by atoms with Crippen LogP contribution in [0.15, 0.2) is 40.3 Å². The number of halogens is 1. The third-order valence-electron chi connectivity index (χ3n) is 2.22. The number of rotatable bonds is 3. The van der Waals surface area contributed by atoms with E-state index in [1.165, 1.54) is 0 Å². The van der Waals surface area contributed by atoms with Crippen molar-refractivity contribution in [3.8, 4) is 0 Å². The Morgan fingerprint density at radius 3 is 2.53 bits per heavy atom. The van der Waals surface area contributed by atoms with Crippen molar-refractivity contribution in [1.82, 2.24) is 0 Å². The van der Waals surface area contributed by atoms with Crippen molar-refractivity contribution >= 4 is 28.4 Å². The highest BCUT2D eigenvalue weighted by atomic mass is 35.5. The minimum absolute atomic E-state index is 0.0551. The number of aliphatic hydroxyl groups excluding tert-OH is 1. The number of carbonyl (C=O) groups is 1. The molecular weight excluding hydrogens is 264 g/mol. The molecule has 1 aromatic rings. The van der Waals surface area contributed by atoms with E-state index in [0.29, 0.717) is 0 Å². The summed E-state index contributed by atoms with van der Waals surface area (Å²) in [5, 5.41) is 9.11. The molecule has 0 saturated carbocycles. The van der Waals surface area contributed by atoms with Gasteiger partial charge in [-0.25, -0.2) is 4.79 Å². The molecule has 2 rings (SSSR count). The molecule has 1 heterocycles. The lowest BCUT2D eigenvalue weighted by Gasteiger charge is -2.06. The van der Waals surface area contributed by atoms with E-state index in [1.807, 2.05) is 18.2 Å². The fraction of sp³-hybridized carbons (Fsp3) is 0.182. The van der Waals surface area contributed by atoms with Crippen LogP contribution in [0.1, 0.15) is 5.56 Å². The van der Waals surface area contributed by atoms with Crippen LogP contribution in [0.2, 0.25) is 0 Å². The molecule has 0 aliphatic carbocycles. The van der Waals surface area contributed by atoms with E-state index in [2.05, 4.69) is 4.74 Å². The third-order valence-corrected chi connectivity index (χ3v) is 4.19. The monoisotopic (exact) mass is 272 g/mol. The average Bonchev–Trinajstić information content (AvgIpc) is 2.54. The van der Waals surface area contributed by atoms with Gasteiger partial charge in [-0.05, 0) is 5.56 Å². The number of benzene rings is 1. The van der Waals surface area contributed by atoms with Gasteiger partial charge in [-0.2, -0.15) is 0 Å². The molecule has 90 valence electrons. The molecule has 4 nitrogen and oxygen atoms in total. The Labute approximate surface area is 105 Å². The minimum Gasteiger partial charge on any atom is -0.426 e. The molecular formula is C11H9ClO4S. The highest BCUT2D eigenvalue weighted by Gasteiger charge is 2.35. The number of aliphatic hydroxyl groups is 1. The number of hydrogen-bond donors (Lipinski definition) is 1. The SMILES string of the molecule is O=C1O[C@@H](O)C([S@@](=O)Cc2ccccc2)=C1Cl. The first kappa shape index (κ1) is 12.3. The van der Waals surface area contributed by atoms with E-state index < -0.39 is 23.1 Å². The summed E-state index contributed by atoms with van der Waals surface area (Å²) < 4.78 is 16.4. The Morgan fingerprint density at radius 1 is 1.35 bits per heavy atom. The van der Waals surface area contributed by atoms with Crippen LogP contribution in [0, 0.1) is 0 Å². The lowest BCUT2D eigenvalue weighted by molar-refractivity contribution is -0.150. The van der Waals surface area contributed by atoms with E-state index in [9.17, 15) is 14.1 Å². The molecule has 1 aromatic carbocycles. The van der Waals surface area contributed by atoms with Gasteiger partial charge in [-0.1, -0.05) is 41.9 Å². The first-order chi connectivity index (χ1) is 8.09. The van der Waals surface area contributed by atoms with Gasteiger partial charge in [0.1, 0.15) is 9.94 Å². The Kier molecular flexibility index (Phi) is 3.61. The van der Waals surface area contributed by atoms with Crippen LogP contribution in [0.5, 0.6) is 0 Å². The van der Waals surface area contributed by atoms with Crippen LogP contribution in [0.25, 0.3) is 0 Å². The van der Waals surface area contributed by atoms with Crippen LogP contribution >= 0.6 is 11.6 Å². The fourth-order valence-corrected chi connectivity index (χ4v) is 3.03. The summed E-state index contributed by atoms with van der Waals surface area (Å²) in [4.78, 5) is 11.0. The quantitative estimate of drug-likeness (QED) is 0.842. The molecule has 0 unspecified atom stereocenters. The van der Waals surface area contributed by atoms with E-state index in [-0.39, 0.29) is 15.7 Å². The van der Waals surface area contributed by atoms with Gasteiger partial charge in [0, 0.05) is 0 Å². The van der Waals surface area contributed by atoms with E-state index >= 15 is 0 Å². The molecule has 0 saturated heterocycles. The second kappa shape index (κ2) is 5.00. The zero-order valence-corrected chi connectivity index (χ0v) is 10.2. The van der Waals surface area contributed by atoms with Crippen molar-refractivity contribution in [2.45, 2.75) is 12.0 Å². The molecule has 1 aliphatic heterocycles. The van der Waals surface area contributed by atoms with E-state index in [1.54, 1.807) is 12.1 Å². The highest BCUT2D eigenvalue weighted by Crippen LogP contribution is 2.28. The lowest BCUT2D eigenvalue weighted by Crippen LogP contribution is -2.14. The number of hydrogen-bond acceptors (Lipinski definition) is 4. The molecule has 0 amide bonds. The molecule has 0 radical (unpaired) electrons. The molecule has 0 aromatic heterocycles. The average molecular weight is 273 g/mol. The Bertz CT molecular complexity index is 497. The zero-order valence-electron chi connectivity index (χ0n) is 8.63. The van der Waals surface area contributed by atoms with Gasteiger partial charge in [0.2, 0.25) is 6.29 Å². The summed E-state index contributed by atoms with van der Waals surface area (Å²) in [6.07, 6.45) is -1.50. The van der Waals surface area contributed by atoms with Crippen molar-refractivity contribution < 1.29 is 18.8 Å². The minimum atomic E-state index is -1.58. The van der Waals surface area contributed by atoms with Gasteiger partial charge in [0.25, 0.3) is 0 Å². The zero-order chi connectivity index (χ0) is 12.4. The second-order valence-electron chi connectivity index (χ2n) is 3.41. The van der Waals surface area contributed by atoms with Crippen molar-refractivity contribution in [2.24, 2.45) is 0 Å². The summed E-state index contributed by atoms with van der Waals surface area (Å²) in [5.41, 5.74) is 0.828. The van der Waals surface area contributed by atoms with Crippen LogP contribution in [-0.4, -0.2) is 21.6 Å². The maximum atomic E-state index is 12.0. The molecule has 0 bridgehead atoms. The van der Waals surface area contributed by atoms with Gasteiger partial charge in [0.05, 0.1) is 16.6 Å². The molecule has 6 heteroatoms. The van der Waals surface area contributed by atoms with Gasteiger partial charge in [-0.15, -0.1) is 0 Å². The van der Waals surface area contributed by atoms with Gasteiger partial charge in [-0.3, -0.25) is 4.21 Å². The van der Waals surface area contributed by atoms with Crippen LogP contribution in [-0.2, 0) is 26.1 Å². The lowest BCUT2D eigenvalue weighted by atomic mass is 10.2. The number of esters is 1. The van der Waals surface area contributed by atoms with Gasteiger partial charge in [0.15, 0.2) is 0 Å². The molecule has 1 N–H and O–H groups in total. The third kappa shape index (κ3) is 2.57. The highest BCUT2D eigenvalue weighted by molar-refractivity contribution is 7.88. The summed E-state index contributed by atoms with van der Waals surface area (Å²) in [6, 6.07) is 9.08. The summed E-state index contributed by atoms with van der Waals surface area (Å²) in [7, 11) is -1.58. The van der Waals surface area contributed by atoms with Crippen molar-refractivity contribution in [2.75, 3.05) is 0 Å². The Balaban J connectivity index is 2.19. The maximum absolute atomic E-state index is 12.0. The normalized spacial score (nSPS) is 21.5. The summed E-state index contributed by atoms with van der Waals surface area (Å²) >= 11 is 5.64. The van der Waals surface area contributed by atoms with Crippen LogP contribution in [0.4, 0.5) is 0 Å². The topological polar surface area (TPSA) is 63.6 Å². The van der Waals surface area contributed by atoms with Crippen molar-refractivity contribution in [3.63, 3.8) is 0 Å². The second-order valence-corrected chi connectivity index (χ2v) is 5.21. The van der Waals surface area contributed by atoms with E-state index in [4.69, 9.17) is 11.6 Å². The van der Waals surface area contributed by atoms with Crippen molar-refractivity contribution in [3.05, 3.63) is 45.8 Å². The molecule has 0 fully saturated rings. The van der Waals surface area contributed by atoms with Gasteiger partial charge < -0.3 is 9.84 Å². The molecule has 0 spiro atoms. The summed E-state index contributed by atoms with van der Waals surface area (Å²) in [5.74, 6) is -0.657. The largest absolute Gasteiger partial charge is 0.426 e. The fourth-order valence-electron chi connectivity index (χ4n) is 1.43. The smallest absolute Gasteiger partial charge is 0.353 e. The van der Waals surface area contributed by atoms with Gasteiger partial charge >= 0.3 is 5.97 Å². The standard InChI is InChI=1S/C11H9ClO4S/c12-8-9(11(14)16-10(8)13)17(15)6-7-4-2-1-3-5-7/h1-5,11,14H,6H2/t11-,17+/m1/s1. The Hall–Kier alpha value is -1.17. The maximum Gasteiger partial charge on any atom is 0.353 e. The summed E-state index contributed by atoms with van der Waals surface area (Å²) in [6.45, 7) is 0. The molecule has 17 heavy (non-hydrogen) atoms. The first-order valence-corrected chi connectivity index (χ1v) is 6.50. The van der Waals surface area contributed by atoms with Crippen LogP contribution in [0.3, 0.4) is 0 Å². The van der Waals surface area contributed by atoms with E-state index in [0.717, 1.165) is 5.56 Å². The van der Waals surface area contributed by atoms with Crippen molar-refractivity contribution in [1.29, 1.82) is 0 Å². The first-order valence-electron chi connectivity index (χ1n) is 4.80. The number of ether oxygens (including phenoxy) is 1. The van der Waals surface area contributed by atoms with Crippen LogP contribution < -0.4 is 0 Å². The molecule has 1 aliphatic rings. The predicted molar refractivity (Wildman–Crippen MR) is 63.3 cm³/mol. The predicted octanol–water partition coefficient (Wildman–Crippen LogP) is 1.26. The molecule has 2 atom stereocenters. The number of cyclic esters (lactones) is 1. The Morgan fingerprint density at radius 2 is 2.00 bits per heavy atom. The number of carbonyl (C=O) groups excluding carboxylic acids is 1.